The molecule has 1 aliphatic carbocycles. The van der Waals surface area contributed by atoms with E-state index in [1.807, 2.05) is 26.8 Å². The van der Waals surface area contributed by atoms with Gasteiger partial charge in [-0.2, -0.15) is 0 Å². The fraction of sp³-hybridized carbons (Fsp3) is 0.700. The van der Waals surface area contributed by atoms with Gasteiger partial charge in [0.1, 0.15) is 23.7 Å². The molecule has 3 rings (SSSR count). The number of allylic oxidation sites excluding steroid dienone is 1. The van der Waals surface area contributed by atoms with Crippen molar-refractivity contribution in [3.63, 3.8) is 0 Å². The van der Waals surface area contributed by atoms with Crippen molar-refractivity contribution in [2.45, 2.75) is 110 Å². The molecule has 4 nitrogen and oxygen atoms in total. The Hall–Kier alpha value is -1.49. The molecule has 2 atom stereocenters. The Morgan fingerprint density at radius 3 is 2.49 bits per heavy atom. The molecule has 0 amide bonds. The van der Waals surface area contributed by atoms with Crippen molar-refractivity contribution in [2.24, 2.45) is 11.3 Å². The zero-order valence-corrected chi connectivity index (χ0v) is 24.4. The highest BCUT2D eigenvalue weighted by atomic mass is 79.9. The summed E-state index contributed by atoms with van der Waals surface area (Å²) in [4.78, 5) is 12.3. The van der Waals surface area contributed by atoms with Crippen LogP contribution in [0.1, 0.15) is 110 Å². The molecule has 1 aromatic carbocycles. The van der Waals surface area contributed by atoms with Gasteiger partial charge in [0, 0.05) is 22.7 Å². The summed E-state index contributed by atoms with van der Waals surface area (Å²) in [6, 6.07) is 4.14. The summed E-state index contributed by atoms with van der Waals surface area (Å²) < 4.78 is 12.2. The standard InChI is InChI=1S/C30H45BrO4/c1-28(2,3)27(33)34-19-20-12-13-23-22(16-20)26-24(32)17-21(18-25(26)35-30(23,6)7)29(4,5)14-10-8-9-11-15-31/h12,17-18,22-23,32H,8-11,13-16,19H2,1-7H3/t22-,23-/m0/s1. The number of alkyl halides is 1. The van der Waals surface area contributed by atoms with E-state index in [-0.39, 0.29) is 28.8 Å². The van der Waals surface area contributed by atoms with Crippen molar-refractivity contribution >= 4 is 21.9 Å². The number of esters is 1. The summed E-state index contributed by atoms with van der Waals surface area (Å²) in [5.41, 5.74) is 2.28. The van der Waals surface area contributed by atoms with Gasteiger partial charge in [0.2, 0.25) is 0 Å². The van der Waals surface area contributed by atoms with Crippen LogP contribution >= 0.6 is 15.9 Å². The van der Waals surface area contributed by atoms with Crippen LogP contribution in [0.2, 0.25) is 0 Å². The first kappa shape index (κ1) is 28.1. The number of ether oxygens (including phenoxy) is 2. The molecule has 0 saturated carbocycles. The van der Waals surface area contributed by atoms with Crippen molar-refractivity contribution in [3.05, 3.63) is 34.9 Å². The topological polar surface area (TPSA) is 55.8 Å². The number of unbranched alkanes of at least 4 members (excludes halogenated alkanes) is 3. The number of fused-ring (bicyclic) bond motifs is 3. The third kappa shape index (κ3) is 6.64. The van der Waals surface area contributed by atoms with E-state index in [1.165, 1.54) is 25.7 Å². The van der Waals surface area contributed by atoms with Gasteiger partial charge in [-0.05, 0) is 89.0 Å². The molecule has 1 N–H and O–H groups in total. The molecule has 0 aromatic heterocycles. The van der Waals surface area contributed by atoms with Crippen molar-refractivity contribution in [1.82, 2.24) is 0 Å². The van der Waals surface area contributed by atoms with Crippen LogP contribution in [0, 0.1) is 11.3 Å². The lowest BCUT2D eigenvalue weighted by atomic mass is 9.66. The van der Waals surface area contributed by atoms with E-state index in [0.717, 1.165) is 47.0 Å². The molecule has 1 aromatic rings. The van der Waals surface area contributed by atoms with Gasteiger partial charge in [-0.1, -0.05) is 55.1 Å². The number of phenols is 1. The number of aromatic hydroxyl groups is 1. The molecule has 0 fully saturated rings. The molecule has 0 radical (unpaired) electrons. The molecule has 5 heteroatoms. The van der Waals surface area contributed by atoms with Crippen LogP contribution < -0.4 is 4.74 Å². The Kier molecular flexibility index (Phi) is 8.72. The highest BCUT2D eigenvalue weighted by molar-refractivity contribution is 9.09. The third-order valence-electron chi connectivity index (χ3n) is 7.85. The number of hydrogen-bond donors (Lipinski definition) is 1. The first-order chi connectivity index (χ1) is 16.3. The second kappa shape index (κ2) is 10.9. The minimum atomic E-state index is -0.513. The van der Waals surface area contributed by atoms with E-state index in [1.54, 1.807) is 0 Å². The monoisotopic (exact) mass is 548 g/mol. The summed E-state index contributed by atoms with van der Waals surface area (Å²) in [5.74, 6) is 1.37. The number of phenolic OH excluding ortho intramolecular Hbond substituents is 1. The minimum absolute atomic E-state index is 0.0376. The zero-order chi connectivity index (χ0) is 26.0. The molecule has 35 heavy (non-hydrogen) atoms. The fourth-order valence-corrected chi connectivity index (χ4v) is 5.90. The molecule has 196 valence electrons. The molecular formula is C30H45BrO4. The van der Waals surface area contributed by atoms with Gasteiger partial charge >= 0.3 is 5.97 Å². The van der Waals surface area contributed by atoms with E-state index in [4.69, 9.17) is 9.47 Å². The van der Waals surface area contributed by atoms with E-state index in [9.17, 15) is 9.90 Å². The number of benzene rings is 1. The van der Waals surface area contributed by atoms with E-state index < -0.39 is 5.41 Å². The SMILES string of the molecule is CC(C)(C)C(=O)OCC1=CC[C@H]2[C@H](C1)c1c(O)cc(C(C)(C)CCCCCCBr)cc1OC2(C)C. The van der Waals surface area contributed by atoms with Crippen LogP contribution in [0.25, 0.3) is 0 Å². The quantitative estimate of drug-likeness (QED) is 0.146. The van der Waals surface area contributed by atoms with Gasteiger partial charge in [-0.15, -0.1) is 0 Å². The van der Waals surface area contributed by atoms with Gasteiger partial charge in [0.15, 0.2) is 0 Å². The van der Waals surface area contributed by atoms with Crippen LogP contribution in [-0.2, 0) is 14.9 Å². The Bertz CT molecular complexity index is 938. The van der Waals surface area contributed by atoms with E-state index in [0.29, 0.717) is 12.4 Å². The summed E-state index contributed by atoms with van der Waals surface area (Å²) >= 11 is 3.51. The molecular weight excluding hydrogens is 504 g/mol. The third-order valence-corrected chi connectivity index (χ3v) is 8.41. The Balaban J connectivity index is 1.81. The highest BCUT2D eigenvalue weighted by Gasteiger charge is 2.46. The van der Waals surface area contributed by atoms with Crippen molar-refractivity contribution in [2.75, 3.05) is 11.9 Å². The maximum absolute atomic E-state index is 12.3. The normalized spacial score (nSPS) is 21.4. The van der Waals surface area contributed by atoms with Gasteiger partial charge in [0.25, 0.3) is 0 Å². The smallest absolute Gasteiger partial charge is 0.311 e. The van der Waals surface area contributed by atoms with E-state index >= 15 is 0 Å². The molecule has 0 spiro atoms. The Labute approximate surface area is 221 Å². The van der Waals surface area contributed by atoms with Crippen LogP contribution in [0.3, 0.4) is 0 Å². The molecule has 0 bridgehead atoms. The average molecular weight is 550 g/mol. The molecule has 0 saturated heterocycles. The Morgan fingerprint density at radius 2 is 1.83 bits per heavy atom. The Morgan fingerprint density at radius 1 is 1.14 bits per heavy atom. The second-order valence-corrected chi connectivity index (χ2v) is 13.5. The van der Waals surface area contributed by atoms with Crippen LogP contribution in [0.5, 0.6) is 11.5 Å². The van der Waals surface area contributed by atoms with Crippen molar-refractivity contribution < 1.29 is 19.4 Å². The number of halogens is 1. The van der Waals surface area contributed by atoms with Crippen molar-refractivity contribution in [1.29, 1.82) is 0 Å². The minimum Gasteiger partial charge on any atom is -0.508 e. The predicted octanol–water partition coefficient (Wildman–Crippen LogP) is 8.20. The average Bonchev–Trinajstić information content (AvgIpc) is 2.75. The van der Waals surface area contributed by atoms with Gasteiger partial charge in [-0.3, -0.25) is 4.79 Å². The molecule has 2 aliphatic rings. The number of hydrogen-bond acceptors (Lipinski definition) is 4. The van der Waals surface area contributed by atoms with E-state index in [2.05, 4.69) is 55.8 Å². The number of carbonyl (C=O) groups is 1. The summed E-state index contributed by atoms with van der Waals surface area (Å²) in [5, 5.41) is 12.3. The summed E-state index contributed by atoms with van der Waals surface area (Å²) in [6.45, 7) is 14.8. The highest BCUT2D eigenvalue weighted by Crippen LogP contribution is 2.55. The number of carbonyl (C=O) groups excluding carboxylic acids is 1. The van der Waals surface area contributed by atoms with Crippen LogP contribution in [0.15, 0.2) is 23.8 Å². The lowest BCUT2D eigenvalue weighted by Crippen LogP contribution is -2.45. The molecule has 0 unspecified atom stereocenters. The summed E-state index contributed by atoms with van der Waals surface area (Å²) in [6.07, 6.45) is 9.78. The summed E-state index contributed by atoms with van der Waals surface area (Å²) in [7, 11) is 0. The number of rotatable bonds is 9. The maximum Gasteiger partial charge on any atom is 0.311 e. The predicted molar refractivity (Wildman–Crippen MR) is 147 cm³/mol. The van der Waals surface area contributed by atoms with Crippen LogP contribution in [-0.4, -0.2) is 28.6 Å². The second-order valence-electron chi connectivity index (χ2n) is 12.7. The fourth-order valence-electron chi connectivity index (χ4n) is 5.51. The van der Waals surface area contributed by atoms with Crippen molar-refractivity contribution in [3.8, 4) is 11.5 Å². The molecule has 1 heterocycles. The van der Waals surface area contributed by atoms with Gasteiger partial charge in [-0.25, -0.2) is 0 Å². The first-order valence-electron chi connectivity index (χ1n) is 13.2. The lowest BCUT2D eigenvalue weighted by Gasteiger charge is -2.47. The zero-order valence-electron chi connectivity index (χ0n) is 22.8. The lowest BCUT2D eigenvalue weighted by molar-refractivity contribution is -0.152. The first-order valence-corrected chi connectivity index (χ1v) is 14.4. The van der Waals surface area contributed by atoms with Gasteiger partial charge < -0.3 is 14.6 Å². The molecule has 1 aliphatic heterocycles. The van der Waals surface area contributed by atoms with Crippen LogP contribution in [0.4, 0.5) is 0 Å². The maximum atomic E-state index is 12.3. The van der Waals surface area contributed by atoms with Gasteiger partial charge in [0.05, 0.1) is 5.41 Å². The largest absolute Gasteiger partial charge is 0.508 e.